The molecule has 1 aliphatic rings. The second-order valence-corrected chi connectivity index (χ2v) is 3.55. The zero-order valence-corrected chi connectivity index (χ0v) is 8.77. The Kier molecular flexibility index (Phi) is 2.74. The molecule has 0 aliphatic carbocycles. The highest BCUT2D eigenvalue weighted by molar-refractivity contribution is 6.44. The number of hydrogen-bond donors (Lipinski definition) is 2. The molecule has 5 nitrogen and oxygen atoms in total. The molecular formula is C10H11BO5. The van der Waals surface area contributed by atoms with Crippen LogP contribution >= 0.6 is 0 Å². The number of carbonyl (C=O) groups is 1. The van der Waals surface area contributed by atoms with Crippen molar-refractivity contribution >= 4 is 13.1 Å². The van der Waals surface area contributed by atoms with Crippen LogP contribution in [0.5, 0.6) is 11.5 Å². The third-order valence-electron chi connectivity index (χ3n) is 2.55. The average Bonchev–Trinajstić information content (AvgIpc) is 2.26. The van der Waals surface area contributed by atoms with E-state index in [0.717, 1.165) is 5.56 Å². The molecule has 0 amide bonds. The predicted octanol–water partition coefficient (Wildman–Crippen LogP) is 0.809. The van der Waals surface area contributed by atoms with Crippen LogP contribution in [-0.4, -0.2) is 30.3 Å². The fourth-order valence-corrected chi connectivity index (χ4v) is 1.79. The zero-order chi connectivity index (χ0) is 11.7. The molecule has 1 heterocycles. The van der Waals surface area contributed by atoms with E-state index in [1.54, 1.807) is 12.1 Å². The maximum atomic E-state index is 11.1. The summed E-state index contributed by atoms with van der Waals surface area (Å²) in [6.07, 6.45) is 1.07. The lowest BCUT2D eigenvalue weighted by atomic mass is 9.78. The molecule has 2 N–H and O–H groups in total. The number of fused-ring (bicyclic) bond motifs is 1. The van der Waals surface area contributed by atoms with Crippen molar-refractivity contribution in [3.05, 3.63) is 23.3 Å². The molecule has 2 rings (SSSR count). The van der Waals surface area contributed by atoms with Gasteiger partial charge in [0, 0.05) is 0 Å². The number of aryl methyl sites for hydroxylation is 1. The maximum Gasteiger partial charge on any atom is 0.522 e. The zero-order valence-electron chi connectivity index (χ0n) is 8.77. The van der Waals surface area contributed by atoms with Crippen LogP contribution in [0.25, 0.3) is 0 Å². The van der Waals surface area contributed by atoms with Gasteiger partial charge in [-0.1, -0.05) is 6.07 Å². The Bertz CT molecular complexity index is 431. The quantitative estimate of drug-likeness (QED) is 0.724. The third kappa shape index (κ3) is 1.72. The van der Waals surface area contributed by atoms with Crippen molar-refractivity contribution in [2.75, 3.05) is 7.11 Å². The Labute approximate surface area is 92.8 Å². The van der Waals surface area contributed by atoms with E-state index in [-0.39, 0.29) is 17.1 Å². The number of hydrogen-bond acceptors (Lipinski definition) is 4. The summed E-state index contributed by atoms with van der Waals surface area (Å²) in [5.41, 5.74) is 0.752. The predicted molar refractivity (Wildman–Crippen MR) is 57.1 cm³/mol. The van der Waals surface area contributed by atoms with E-state index in [0.29, 0.717) is 12.7 Å². The molecule has 1 aliphatic heterocycles. The van der Waals surface area contributed by atoms with Crippen molar-refractivity contribution in [3.63, 3.8) is 0 Å². The van der Waals surface area contributed by atoms with Crippen LogP contribution in [0.15, 0.2) is 12.1 Å². The van der Waals surface area contributed by atoms with Gasteiger partial charge in [0.15, 0.2) is 0 Å². The van der Waals surface area contributed by atoms with E-state index in [1.165, 1.54) is 7.11 Å². The van der Waals surface area contributed by atoms with Gasteiger partial charge in [0.05, 0.1) is 7.11 Å². The van der Waals surface area contributed by atoms with Crippen molar-refractivity contribution in [3.8, 4) is 11.5 Å². The van der Waals surface area contributed by atoms with Crippen LogP contribution in [0.1, 0.15) is 15.9 Å². The lowest BCUT2D eigenvalue weighted by Gasteiger charge is -2.22. The fraction of sp³-hybridized carbons (Fsp3) is 0.300. The van der Waals surface area contributed by atoms with Crippen LogP contribution in [0.2, 0.25) is 6.32 Å². The van der Waals surface area contributed by atoms with Crippen molar-refractivity contribution in [1.82, 2.24) is 0 Å². The Morgan fingerprint density at radius 3 is 2.94 bits per heavy atom. The minimum absolute atomic E-state index is 0.0289. The molecule has 0 unspecified atom stereocenters. The SMILES string of the molecule is COc1ccc2c(c1C(=O)O)OB(O)CC2. The van der Waals surface area contributed by atoms with Gasteiger partial charge in [0.1, 0.15) is 17.1 Å². The summed E-state index contributed by atoms with van der Waals surface area (Å²) < 4.78 is 10.1. The lowest BCUT2D eigenvalue weighted by molar-refractivity contribution is 0.0690. The van der Waals surface area contributed by atoms with Gasteiger partial charge in [-0.25, -0.2) is 4.79 Å². The van der Waals surface area contributed by atoms with E-state index >= 15 is 0 Å². The number of benzene rings is 1. The van der Waals surface area contributed by atoms with Crippen LogP contribution in [-0.2, 0) is 6.42 Å². The number of rotatable bonds is 2. The lowest BCUT2D eigenvalue weighted by Crippen LogP contribution is -2.28. The smallest absolute Gasteiger partial charge is 0.522 e. The van der Waals surface area contributed by atoms with Crippen molar-refractivity contribution in [1.29, 1.82) is 0 Å². The highest BCUT2D eigenvalue weighted by Crippen LogP contribution is 2.36. The fourth-order valence-electron chi connectivity index (χ4n) is 1.79. The Morgan fingerprint density at radius 2 is 2.31 bits per heavy atom. The van der Waals surface area contributed by atoms with Gasteiger partial charge in [-0.15, -0.1) is 0 Å². The van der Waals surface area contributed by atoms with Gasteiger partial charge >= 0.3 is 13.1 Å². The van der Waals surface area contributed by atoms with Gasteiger partial charge in [0.2, 0.25) is 0 Å². The summed E-state index contributed by atoms with van der Waals surface area (Å²) in [7, 11) is 0.450. The summed E-state index contributed by atoms with van der Waals surface area (Å²) in [5, 5.41) is 18.5. The first kappa shape index (κ1) is 10.8. The van der Waals surface area contributed by atoms with E-state index in [4.69, 9.17) is 14.5 Å². The maximum absolute atomic E-state index is 11.1. The first-order chi connectivity index (χ1) is 7.63. The summed E-state index contributed by atoms with van der Waals surface area (Å²) in [4.78, 5) is 11.1. The van der Waals surface area contributed by atoms with Crippen LogP contribution in [0.4, 0.5) is 0 Å². The molecule has 6 heteroatoms. The normalized spacial score (nSPS) is 14.0. The van der Waals surface area contributed by atoms with E-state index < -0.39 is 13.1 Å². The monoisotopic (exact) mass is 222 g/mol. The Hall–Kier alpha value is -1.69. The molecule has 16 heavy (non-hydrogen) atoms. The van der Waals surface area contributed by atoms with Gasteiger partial charge < -0.3 is 19.5 Å². The van der Waals surface area contributed by atoms with Gasteiger partial charge in [-0.3, -0.25) is 0 Å². The first-order valence-corrected chi connectivity index (χ1v) is 4.91. The second-order valence-electron chi connectivity index (χ2n) is 3.55. The van der Waals surface area contributed by atoms with Crippen LogP contribution < -0.4 is 9.39 Å². The van der Waals surface area contributed by atoms with Gasteiger partial charge in [-0.2, -0.15) is 0 Å². The molecule has 84 valence electrons. The average molecular weight is 222 g/mol. The largest absolute Gasteiger partial charge is 0.535 e. The molecule has 1 aromatic carbocycles. The van der Waals surface area contributed by atoms with Crippen LogP contribution in [0, 0.1) is 0 Å². The Morgan fingerprint density at radius 1 is 1.56 bits per heavy atom. The molecule has 0 aromatic heterocycles. The topological polar surface area (TPSA) is 76.0 Å². The second kappa shape index (κ2) is 4.06. The number of methoxy groups -OCH3 is 1. The van der Waals surface area contributed by atoms with Crippen molar-refractivity contribution in [2.45, 2.75) is 12.7 Å². The summed E-state index contributed by atoms with van der Waals surface area (Å²) in [6.45, 7) is 0. The highest BCUT2D eigenvalue weighted by Gasteiger charge is 2.29. The van der Waals surface area contributed by atoms with Gasteiger partial charge in [0.25, 0.3) is 0 Å². The molecule has 0 fully saturated rings. The summed E-state index contributed by atoms with van der Waals surface area (Å²) in [5.74, 6) is -0.672. The van der Waals surface area contributed by atoms with Crippen molar-refractivity contribution in [2.24, 2.45) is 0 Å². The number of aromatic carboxylic acids is 1. The highest BCUT2D eigenvalue weighted by atomic mass is 16.5. The molecule has 0 bridgehead atoms. The van der Waals surface area contributed by atoms with Crippen LogP contribution in [0.3, 0.4) is 0 Å². The minimum atomic E-state index is -1.12. The number of ether oxygens (including phenoxy) is 1. The molecule has 1 aromatic rings. The number of carboxylic acid groups (broad SMARTS) is 1. The Balaban J connectivity index is 2.57. The molecule has 0 atom stereocenters. The standard InChI is InChI=1S/C10H11BO5/c1-15-7-3-2-6-4-5-11(14)16-9(6)8(7)10(12)13/h2-3,14H,4-5H2,1H3,(H,12,13). The molecule has 0 saturated heterocycles. The molecule has 0 spiro atoms. The number of carboxylic acids is 1. The summed E-state index contributed by atoms with van der Waals surface area (Å²) >= 11 is 0. The van der Waals surface area contributed by atoms with Gasteiger partial charge in [-0.05, 0) is 24.4 Å². The summed E-state index contributed by atoms with van der Waals surface area (Å²) in [6, 6.07) is 3.36. The molecule has 0 radical (unpaired) electrons. The molecular weight excluding hydrogens is 211 g/mol. The minimum Gasteiger partial charge on any atom is -0.535 e. The molecule has 0 saturated carbocycles. The van der Waals surface area contributed by atoms with Crippen molar-refractivity contribution < 1.29 is 24.3 Å². The van der Waals surface area contributed by atoms with E-state index in [2.05, 4.69) is 0 Å². The van der Waals surface area contributed by atoms with E-state index in [9.17, 15) is 9.82 Å². The first-order valence-electron chi connectivity index (χ1n) is 4.91. The third-order valence-corrected chi connectivity index (χ3v) is 2.55. The van der Waals surface area contributed by atoms with E-state index in [1.807, 2.05) is 0 Å².